The standard InChI is InChI=1S/C14H21NO3S/c16-19(17,15-12-14-9-4-10-18-14)11-5-8-13-6-2-1-3-7-13/h1-3,6-7,14-15H,4-5,8-12H2. The van der Waals surface area contributed by atoms with E-state index in [1.54, 1.807) is 0 Å². The van der Waals surface area contributed by atoms with Crippen molar-refractivity contribution in [1.29, 1.82) is 0 Å². The molecule has 1 N–H and O–H groups in total. The summed E-state index contributed by atoms with van der Waals surface area (Å²) in [5, 5.41) is 0. The first-order valence-electron chi connectivity index (χ1n) is 6.78. The highest BCUT2D eigenvalue weighted by atomic mass is 32.2. The van der Waals surface area contributed by atoms with Gasteiger partial charge in [-0.1, -0.05) is 30.3 Å². The number of hydrogen-bond donors (Lipinski definition) is 1. The Morgan fingerprint density at radius 2 is 2.05 bits per heavy atom. The molecular weight excluding hydrogens is 262 g/mol. The van der Waals surface area contributed by atoms with Gasteiger partial charge in [-0.15, -0.1) is 0 Å². The molecule has 2 rings (SSSR count). The average Bonchev–Trinajstić information content (AvgIpc) is 2.91. The van der Waals surface area contributed by atoms with E-state index in [-0.39, 0.29) is 11.9 Å². The Kier molecular flexibility index (Phi) is 5.36. The van der Waals surface area contributed by atoms with Crippen LogP contribution in [0.4, 0.5) is 0 Å². The van der Waals surface area contributed by atoms with Crippen molar-refractivity contribution in [2.24, 2.45) is 0 Å². The van der Waals surface area contributed by atoms with Crippen LogP contribution >= 0.6 is 0 Å². The van der Waals surface area contributed by atoms with E-state index in [9.17, 15) is 8.42 Å². The van der Waals surface area contributed by atoms with Gasteiger partial charge >= 0.3 is 0 Å². The van der Waals surface area contributed by atoms with E-state index < -0.39 is 10.0 Å². The molecule has 1 aromatic rings. The molecule has 1 saturated heterocycles. The zero-order valence-corrected chi connectivity index (χ0v) is 11.9. The monoisotopic (exact) mass is 283 g/mol. The molecule has 5 heteroatoms. The predicted octanol–water partition coefficient (Wildman–Crippen LogP) is 1.72. The maximum absolute atomic E-state index is 11.8. The summed E-state index contributed by atoms with van der Waals surface area (Å²) >= 11 is 0. The van der Waals surface area contributed by atoms with Crippen LogP contribution in [0.15, 0.2) is 30.3 Å². The highest BCUT2D eigenvalue weighted by Crippen LogP contribution is 2.11. The molecule has 1 aromatic carbocycles. The van der Waals surface area contributed by atoms with Gasteiger partial charge in [-0.2, -0.15) is 0 Å². The van der Waals surface area contributed by atoms with E-state index in [4.69, 9.17) is 4.74 Å². The number of sulfonamides is 1. The lowest BCUT2D eigenvalue weighted by atomic mass is 10.1. The second-order valence-corrected chi connectivity index (χ2v) is 6.82. The number of hydrogen-bond acceptors (Lipinski definition) is 3. The quantitative estimate of drug-likeness (QED) is 0.829. The van der Waals surface area contributed by atoms with E-state index >= 15 is 0 Å². The third kappa shape index (κ3) is 5.30. The first-order valence-corrected chi connectivity index (χ1v) is 8.44. The Balaban J connectivity index is 1.68. The van der Waals surface area contributed by atoms with Crippen molar-refractivity contribution < 1.29 is 13.2 Å². The summed E-state index contributed by atoms with van der Waals surface area (Å²) in [4.78, 5) is 0. The molecule has 1 unspecified atom stereocenters. The number of nitrogens with one attached hydrogen (secondary N) is 1. The van der Waals surface area contributed by atoms with Crippen LogP contribution in [0, 0.1) is 0 Å². The largest absolute Gasteiger partial charge is 0.377 e. The van der Waals surface area contributed by atoms with Crippen molar-refractivity contribution in [1.82, 2.24) is 4.72 Å². The van der Waals surface area contributed by atoms with Crippen molar-refractivity contribution in [3.8, 4) is 0 Å². The van der Waals surface area contributed by atoms with Crippen LogP contribution in [0.25, 0.3) is 0 Å². The normalized spacial score (nSPS) is 19.7. The highest BCUT2D eigenvalue weighted by molar-refractivity contribution is 7.89. The molecule has 4 nitrogen and oxygen atoms in total. The Hall–Kier alpha value is -0.910. The molecule has 1 aliphatic heterocycles. The zero-order chi connectivity index (χ0) is 13.6. The molecule has 1 atom stereocenters. The van der Waals surface area contributed by atoms with Crippen LogP contribution in [-0.2, 0) is 21.2 Å². The fourth-order valence-electron chi connectivity index (χ4n) is 2.21. The molecule has 106 valence electrons. The fourth-order valence-corrected chi connectivity index (χ4v) is 3.32. The number of rotatable bonds is 7. The van der Waals surface area contributed by atoms with Crippen LogP contribution in [0.1, 0.15) is 24.8 Å². The van der Waals surface area contributed by atoms with Crippen LogP contribution < -0.4 is 4.72 Å². The van der Waals surface area contributed by atoms with Crippen LogP contribution in [0.2, 0.25) is 0 Å². The molecule has 0 amide bonds. The van der Waals surface area contributed by atoms with E-state index in [2.05, 4.69) is 4.72 Å². The molecule has 1 aliphatic rings. The predicted molar refractivity (Wildman–Crippen MR) is 75.5 cm³/mol. The minimum absolute atomic E-state index is 0.0592. The van der Waals surface area contributed by atoms with E-state index in [1.165, 1.54) is 5.56 Å². The molecule has 0 aromatic heterocycles. The maximum atomic E-state index is 11.8. The van der Waals surface area contributed by atoms with E-state index in [0.717, 1.165) is 25.9 Å². The minimum Gasteiger partial charge on any atom is -0.377 e. The molecule has 0 saturated carbocycles. The molecule has 0 bridgehead atoms. The van der Waals surface area contributed by atoms with Gasteiger partial charge in [0.05, 0.1) is 11.9 Å². The lowest BCUT2D eigenvalue weighted by Gasteiger charge is -2.11. The van der Waals surface area contributed by atoms with Crippen LogP contribution in [-0.4, -0.2) is 33.4 Å². The van der Waals surface area contributed by atoms with Gasteiger partial charge in [0.25, 0.3) is 0 Å². The molecule has 0 aliphatic carbocycles. The molecule has 19 heavy (non-hydrogen) atoms. The SMILES string of the molecule is O=S(=O)(CCCc1ccccc1)NCC1CCCO1. The summed E-state index contributed by atoms with van der Waals surface area (Å²) in [6.07, 6.45) is 3.48. The van der Waals surface area contributed by atoms with Gasteiger partial charge in [-0.3, -0.25) is 0 Å². The Bertz CT molecular complexity index is 467. The third-order valence-electron chi connectivity index (χ3n) is 3.28. The molecule has 1 fully saturated rings. The first-order chi connectivity index (χ1) is 9.16. The average molecular weight is 283 g/mol. The zero-order valence-electron chi connectivity index (χ0n) is 11.0. The van der Waals surface area contributed by atoms with Crippen molar-refractivity contribution in [2.45, 2.75) is 31.8 Å². The first kappa shape index (κ1) is 14.5. The van der Waals surface area contributed by atoms with Crippen molar-refractivity contribution >= 4 is 10.0 Å². The Labute approximate surface area is 115 Å². The highest BCUT2D eigenvalue weighted by Gasteiger charge is 2.18. The van der Waals surface area contributed by atoms with Gasteiger partial charge in [0.1, 0.15) is 0 Å². The third-order valence-corrected chi connectivity index (χ3v) is 4.71. The molecule has 1 heterocycles. The number of benzene rings is 1. The summed E-state index contributed by atoms with van der Waals surface area (Å²) in [5.41, 5.74) is 1.18. The summed E-state index contributed by atoms with van der Waals surface area (Å²) in [6.45, 7) is 1.16. The molecular formula is C14H21NO3S. The number of aryl methyl sites for hydroxylation is 1. The lowest BCUT2D eigenvalue weighted by molar-refractivity contribution is 0.114. The summed E-state index contributed by atoms with van der Waals surface area (Å²) in [7, 11) is -3.17. The fraction of sp³-hybridized carbons (Fsp3) is 0.571. The number of ether oxygens (including phenoxy) is 1. The van der Waals surface area contributed by atoms with Gasteiger partial charge in [-0.25, -0.2) is 13.1 Å². The minimum atomic E-state index is -3.17. The molecule has 0 radical (unpaired) electrons. The van der Waals surface area contributed by atoms with Crippen molar-refractivity contribution in [3.05, 3.63) is 35.9 Å². The second-order valence-electron chi connectivity index (χ2n) is 4.89. The van der Waals surface area contributed by atoms with E-state index in [1.807, 2.05) is 30.3 Å². The summed E-state index contributed by atoms with van der Waals surface area (Å²) in [6, 6.07) is 9.95. The van der Waals surface area contributed by atoms with Gasteiger partial charge in [-0.05, 0) is 31.2 Å². The van der Waals surface area contributed by atoms with E-state index in [0.29, 0.717) is 13.0 Å². The van der Waals surface area contributed by atoms with Crippen molar-refractivity contribution in [3.63, 3.8) is 0 Å². The van der Waals surface area contributed by atoms with Crippen LogP contribution in [0.3, 0.4) is 0 Å². The van der Waals surface area contributed by atoms with Gasteiger partial charge in [0.15, 0.2) is 0 Å². The summed E-state index contributed by atoms with van der Waals surface area (Å²) < 4.78 is 31.7. The molecule has 0 spiro atoms. The van der Waals surface area contributed by atoms with Crippen LogP contribution in [0.5, 0.6) is 0 Å². The smallest absolute Gasteiger partial charge is 0.211 e. The van der Waals surface area contributed by atoms with Gasteiger partial charge < -0.3 is 4.74 Å². The lowest BCUT2D eigenvalue weighted by Crippen LogP contribution is -2.33. The second kappa shape index (κ2) is 7.03. The summed E-state index contributed by atoms with van der Waals surface area (Å²) in [5.74, 6) is 0.175. The topological polar surface area (TPSA) is 55.4 Å². The van der Waals surface area contributed by atoms with Gasteiger partial charge in [0, 0.05) is 13.2 Å². The van der Waals surface area contributed by atoms with Gasteiger partial charge in [0.2, 0.25) is 10.0 Å². The Morgan fingerprint density at radius 3 is 2.74 bits per heavy atom. The van der Waals surface area contributed by atoms with Crippen molar-refractivity contribution in [2.75, 3.05) is 18.9 Å². The maximum Gasteiger partial charge on any atom is 0.211 e. The Morgan fingerprint density at radius 1 is 1.26 bits per heavy atom.